The monoisotopic (exact) mass is 511 g/mol. The fourth-order valence-corrected chi connectivity index (χ4v) is 5.53. The van der Waals surface area contributed by atoms with Gasteiger partial charge in [0, 0.05) is 37.1 Å². The van der Waals surface area contributed by atoms with Crippen molar-refractivity contribution in [3.05, 3.63) is 95.2 Å². The molecular formula is C27H24F3N3O2S. The summed E-state index contributed by atoms with van der Waals surface area (Å²) in [6.45, 7) is 0.886. The van der Waals surface area contributed by atoms with Crippen LogP contribution in [0.25, 0.3) is 0 Å². The van der Waals surface area contributed by atoms with Gasteiger partial charge >= 0.3 is 6.18 Å². The van der Waals surface area contributed by atoms with Crippen molar-refractivity contribution in [3.8, 4) is 0 Å². The van der Waals surface area contributed by atoms with Crippen LogP contribution < -0.4 is 0 Å². The lowest BCUT2D eigenvalue weighted by atomic mass is 10.1. The molecule has 1 saturated carbocycles. The first-order valence-corrected chi connectivity index (χ1v) is 12.7. The Morgan fingerprint density at radius 1 is 0.944 bits per heavy atom. The minimum absolute atomic E-state index is 0.00672. The minimum Gasteiger partial charge on any atom is -0.335 e. The molecule has 36 heavy (non-hydrogen) atoms. The number of amides is 2. The highest BCUT2D eigenvalue weighted by Crippen LogP contribution is 2.45. The summed E-state index contributed by atoms with van der Waals surface area (Å²) in [6, 6.07) is 18.0. The second kappa shape index (κ2) is 9.61. The van der Waals surface area contributed by atoms with Gasteiger partial charge in [-0.3, -0.25) is 9.59 Å². The number of hydrogen-bond acceptors (Lipinski definition) is 4. The lowest BCUT2D eigenvalue weighted by molar-refractivity contribution is -0.137. The van der Waals surface area contributed by atoms with E-state index in [-0.39, 0.29) is 18.0 Å². The molecule has 1 saturated heterocycles. The zero-order valence-electron chi connectivity index (χ0n) is 19.4. The van der Waals surface area contributed by atoms with Gasteiger partial charge in [-0.2, -0.15) is 13.2 Å². The molecule has 1 spiro atoms. The van der Waals surface area contributed by atoms with Gasteiger partial charge in [-0.1, -0.05) is 36.4 Å². The second-order valence-electron chi connectivity index (χ2n) is 9.12. The van der Waals surface area contributed by atoms with E-state index >= 15 is 0 Å². The average molecular weight is 512 g/mol. The van der Waals surface area contributed by atoms with E-state index in [1.807, 2.05) is 35.2 Å². The van der Waals surface area contributed by atoms with E-state index in [0.29, 0.717) is 29.4 Å². The molecule has 2 fully saturated rings. The van der Waals surface area contributed by atoms with Crippen LogP contribution in [0.1, 0.15) is 44.7 Å². The highest BCUT2D eigenvalue weighted by Gasteiger charge is 2.54. The topological polar surface area (TPSA) is 53.5 Å². The van der Waals surface area contributed by atoms with E-state index in [9.17, 15) is 22.8 Å². The molecule has 186 valence electrons. The molecule has 2 heterocycles. The van der Waals surface area contributed by atoms with Crippen LogP contribution in [0, 0.1) is 0 Å². The Balaban J connectivity index is 1.30. The van der Waals surface area contributed by atoms with Crippen LogP contribution in [0.4, 0.5) is 13.2 Å². The number of thioether (sulfide) groups is 1. The molecule has 9 heteroatoms. The number of carbonyl (C=O) groups excluding carboxylic acids is 2. The summed E-state index contributed by atoms with van der Waals surface area (Å²) in [4.78, 5) is 34.5. The molecule has 2 aliphatic rings. The van der Waals surface area contributed by atoms with Crippen molar-refractivity contribution in [2.75, 3.05) is 19.6 Å². The molecule has 0 N–H and O–H groups in total. The maximum atomic E-state index is 13.6. The van der Waals surface area contributed by atoms with Crippen molar-refractivity contribution >= 4 is 23.6 Å². The highest BCUT2D eigenvalue weighted by molar-refractivity contribution is 7.98. The van der Waals surface area contributed by atoms with Crippen molar-refractivity contribution in [1.29, 1.82) is 0 Å². The number of halogens is 3. The molecule has 3 aromatic rings. The van der Waals surface area contributed by atoms with Gasteiger partial charge in [-0.15, -0.1) is 11.8 Å². The Morgan fingerprint density at radius 3 is 2.44 bits per heavy atom. The molecule has 5 rings (SSSR count). The van der Waals surface area contributed by atoms with Crippen molar-refractivity contribution in [1.82, 2.24) is 14.8 Å². The molecule has 0 bridgehead atoms. The number of nitrogens with zero attached hydrogens (tertiary/aromatic N) is 3. The summed E-state index contributed by atoms with van der Waals surface area (Å²) in [5.41, 5.74) is 0.339. The van der Waals surface area contributed by atoms with Gasteiger partial charge in [0.15, 0.2) is 0 Å². The van der Waals surface area contributed by atoms with Crippen molar-refractivity contribution < 1.29 is 22.8 Å². The Morgan fingerprint density at radius 2 is 1.72 bits per heavy atom. The number of alkyl halides is 3. The number of piperazine rings is 1. The van der Waals surface area contributed by atoms with E-state index in [2.05, 4.69) is 4.98 Å². The third-order valence-electron chi connectivity index (χ3n) is 6.67. The van der Waals surface area contributed by atoms with Crippen molar-refractivity contribution in [2.45, 2.75) is 35.3 Å². The maximum Gasteiger partial charge on any atom is 0.416 e. The normalized spacial score (nSPS) is 16.8. The van der Waals surface area contributed by atoms with E-state index in [0.717, 1.165) is 30.5 Å². The zero-order valence-corrected chi connectivity index (χ0v) is 20.2. The van der Waals surface area contributed by atoms with Gasteiger partial charge in [0.25, 0.3) is 11.8 Å². The van der Waals surface area contributed by atoms with E-state index in [1.54, 1.807) is 23.2 Å². The molecule has 0 unspecified atom stereocenters. The number of hydrogen-bond donors (Lipinski definition) is 0. The SMILES string of the molecule is O=C(c1cccc(C(F)(F)F)c1)N1CCN(C(=O)c2cccnc2SCc2ccccc2)C2(CC2)C1. The highest BCUT2D eigenvalue weighted by atomic mass is 32.2. The third-order valence-corrected chi connectivity index (χ3v) is 7.74. The average Bonchev–Trinajstić information content (AvgIpc) is 3.66. The lowest BCUT2D eigenvalue weighted by Gasteiger charge is -2.42. The van der Waals surface area contributed by atoms with Gasteiger partial charge < -0.3 is 9.80 Å². The van der Waals surface area contributed by atoms with Gasteiger partial charge in [-0.25, -0.2) is 4.98 Å². The second-order valence-corrected chi connectivity index (χ2v) is 10.1. The van der Waals surface area contributed by atoms with Crippen LogP contribution in [0.15, 0.2) is 78.0 Å². The summed E-state index contributed by atoms with van der Waals surface area (Å²) in [6.07, 6.45) is -1.35. The molecule has 5 nitrogen and oxygen atoms in total. The minimum atomic E-state index is -4.51. The summed E-state index contributed by atoms with van der Waals surface area (Å²) in [7, 11) is 0. The Bertz CT molecular complexity index is 1280. The first-order chi connectivity index (χ1) is 17.3. The molecule has 2 amide bonds. The van der Waals surface area contributed by atoms with Crippen LogP contribution in [0.2, 0.25) is 0 Å². The fraction of sp³-hybridized carbons (Fsp3) is 0.296. The molecule has 0 radical (unpaired) electrons. The van der Waals surface area contributed by atoms with Gasteiger partial charge in [0.05, 0.1) is 16.7 Å². The third kappa shape index (κ3) is 4.97. The number of aromatic nitrogens is 1. The number of benzene rings is 2. The molecule has 2 aromatic carbocycles. The van der Waals surface area contributed by atoms with Crippen LogP contribution >= 0.6 is 11.8 Å². The quantitative estimate of drug-likeness (QED) is 0.423. The summed E-state index contributed by atoms with van der Waals surface area (Å²) < 4.78 is 39.3. The van der Waals surface area contributed by atoms with Gasteiger partial charge in [0.2, 0.25) is 0 Å². The molecule has 1 aliphatic carbocycles. The van der Waals surface area contributed by atoms with Gasteiger partial charge in [0.1, 0.15) is 5.03 Å². The summed E-state index contributed by atoms with van der Waals surface area (Å²) >= 11 is 1.50. The zero-order chi connectivity index (χ0) is 25.3. The van der Waals surface area contributed by atoms with Crippen LogP contribution in [0.3, 0.4) is 0 Å². The van der Waals surface area contributed by atoms with Crippen molar-refractivity contribution in [3.63, 3.8) is 0 Å². The predicted octanol–water partition coefficient (Wildman–Crippen LogP) is 5.52. The predicted molar refractivity (Wildman–Crippen MR) is 131 cm³/mol. The number of rotatable bonds is 5. The van der Waals surface area contributed by atoms with E-state index in [4.69, 9.17) is 0 Å². The van der Waals surface area contributed by atoms with Crippen LogP contribution in [0.5, 0.6) is 0 Å². The number of carbonyl (C=O) groups is 2. The first-order valence-electron chi connectivity index (χ1n) is 11.7. The molecule has 0 atom stereocenters. The maximum absolute atomic E-state index is 13.6. The largest absolute Gasteiger partial charge is 0.416 e. The van der Waals surface area contributed by atoms with Crippen molar-refractivity contribution in [2.24, 2.45) is 0 Å². The van der Waals surface area contributed by atoms with Crippen LogP contribution in [-0.2, 0) is 11.9 Å². The Kier molecular flexibility index (Phi) is 6.51. The Labute approximate surface area is 211 Å². The summed E-state index contributed by atoms with van der Waals surface area (Å²) in [5, 5.41) is 0.657. The molecule has 1 aromatic heterocycles. The molecular weight excluding hydrogens is 487 g/mol. The lowest BCUT2D eigenvalue weighted by Crippen LogP contribution is -2.58. The smallest absolute Gasteiger partial charge is 0.335 e. The summed E-state index contributed by atoms with van der Waals surface area (Å²) in [5.74, 6) is 0.116. The standard InChI is InChI=1S/C27H24F3N3O2S/c28-27(29,30)21-9-4-8-20(16-21)24(34)32-14-15-33(26(18-32)11-12-26)25(35)22-10-5-13-31-23(22)36-17-19-6-2-1-3-7-19/h1-10,13,16H,11-12,14-15,17-18H2. The number of pyridine rings is 1. The first kappa shape index (κ1) is 24.4. The van der Waals surface area contributed by atoms with Gasteiger partial charge in [-0.05, 0) is 48.7 Å². The Hall–Kier alpha value is -3.33. The van der Waals surface area contributed by atoms with E-state index < -0.39 is 23.2 Å². The molecule has 1 aliphatic heterocycles. The van der Waals surface area contributed by atoms with E-state index in [1.165, 1.54) is 23.9 Å². The fourth-order valence-electron chi connectivity index (χ4n) is 4.59. The van der Waals surface area contributed by atoms with Crippen LogP contribution in [-0.4, -0.2) is 51.8 Å².